The Morgan fingerprint density at radius 1 is 1.47 bits per heavy atom. The molecule has 19 heavy (non-hydrogen) atoms. The number of carboxylic acids is 1. The second-order valence-corrected chi connectivity index (χ2v) is 7.63. The molecule has 0 aliphatic heterocycles. The second-order valence-electron chi connectivity index (χ2n) is 5.56. The van der Waals surface area contributed by atoms with Crippen LogP contribution in [-0.2, 0) is 32.6 Å². The summed E-state index contributed by atoms with van der Waals surface area (Å²) in [5.74, 6) is -0.846. The first-order chi connectivity index (χ1) is 8.70. The van der Waals surface area contributed by atoms with Gasteiger partial charge in [-0.3, -0.25) is 4.79 Å². The van der Waals surface area contributed by atoms with Gasteiger partial charge >= 0.3 is 88.7 Å². The van der Waals surface area contributed by atoms with Gasteiger partial charge in [0.25, 0.3) is 0 Å². The molecular weight excluding hydrogens is 298 g/mol. The van der Waals surface area contributed by atoms with E-state index in [4.69, 9.17) is 9.84 Å². The van der Waals surface area contributed by atoms with Gasteiger partial charge in [-0.15, -0.1) is 0 Å². The van der Waals surface area contributed by atoms with Crippen LogP contribution in [-0.4, -0.2) is 23.7 Å². The Balaban J connectivity index is 0.000000399. The molecule has 0 aromatic rings. The average Bonchev–Trinajstić information content (AvgIpc) is 2.29. The third kappa shape index (κ3) is 7.46. The molecule has 1 rings (SSSR count). The first-order valence-electron chi connectivity index (χ1n) is 6.63. The van der Waals surface area contributed by atoms with Crippen molar-refractivity contribution in [3.63, 3.8) is 0 Å². The number of hydrogen-bond acceptors (Lipinski definition) is 3. The standard InChI is InChI=1S/C9H13O2.C5H10O2.Zn/c1-2-11-9(10)8-6-4-3-5-7-8;1-5(2,3)4(6)7;/h6-7H,2-5H2,1H3;1-3H3,(H,6,7);. The first-order valence-corrected chi connectivity index (χ1v) is 8.35. The van der Waals surface area contributed by atoms with Gasteiger partial charge in [-0.1, -0.05) is 0 Å². The maximum absolute atomic E-state index is 11.3. The molecule has 0 bridgehead atoms. The van der Waals surface area contributed by atoms with E-state index in [9.17, 15) is 9.59 Å². The van der Waals surface area contributed by atoms with Gasteiger partial charge < -0.3 is 5.11 Å². The average molecular weight is 321 g/mol. The van der Waals surface area contributed by atoms with Crippen molar-refractivity contribution in [2.45, 2.75) is 51.5 Å². The summed E-state index contributed by atoms with van der Waals surface area (Å²) in [4.78, 5) is 21.4. The second kappa shape index (κ2) is 8.47. The molecule has 0 aromatic carbocycles. The predicted molar refractivity (Wildman–Crippen MR) is 69.4 cm³/mol. The summed E-state index contributed by atoms with van der Waals surface area (Å²) < 4.78 is 5.48. The summed E-state index contributed by atoms with van der Waals surface area (Å²) >= 11 is 1.17. The van der Waals surface area contributed by atoms with E-state index in [2.05, 4.69) is 6.08 Å². The van der Waals surface area contributed by atoms with Crippen LogP contribution in [0.4, 0.5) is 0 Å². The van der Waals surface area contributed by atoms with Crippen LogP contribution in [0.1, 0.15) is 47.0 Å². The molecule has 0 saturated heterocycles. The van der Waals surface area contributed by atoms with Crippen LogP contribution in [0.2, 0.25) is 4.51 Å². The van der Waals surface area contributed by atoms with Crippen molar-refractivity contribution in [1.29, 1.82) is 0 Å². The molecule has 4 nitrogen and oxygen atoms in total. The van der Waals surface area contributed by atoms with Crippen LogP contribution < -0.4 is 0 Å². The number of ether oxygens (including phenoxy) is 1. The molecule has 0 heterocycles. The van der Waals surface area contributed by atoms with Crippen molar-refractivity contribution in [3.8, 4) is 0 Å². The number of carboxylic acid groups (broad SMARTS) is 1. The molecule has 1 unspecified atom stereocenters. The van der Waals surface area contributed by atoms with Crippen molar-refractivity contribution in [2.75, 3.05) is 6.61 Å². The van der Waals surface area contributed by atoms with Gasteiger partial charge in [-0.05, 0) is 20.8 Å². The quantitative estimate of drug-likeness (QED) is 0.627. The molecule has 0 amide bonds. The SMILES string of the molecule is CC(C)(C)C(=O)O.CCOC(=O)C1=CCCC[CH]1[Zn]. The molecule has 0 saturated carbocycles. The van der Waals surface area contributed by atoms with Crippen LogP contribution in [0.15, 0.2) is 11.6 Å². The molecule has 0 aromatic heterocycles. The maximum atomic E-state index is 11.3. The first kappa shape index (κ1) is 18.3. The van der Waals surface area contributed by atoms with Crippen molar-refractivity contribution in [1.82, 2.24) is 0 Å². The molecule has 1 aliphatic rings. The predicted octanol–water partition coefficient (Wildman–Crippen LogP) is 3.11. The Hall–Kier alpha value is -0.697. The summed E-state index contributed by atoms with van der Waals surface area (Å²) in [5, 5.41) is 8.25. The molecule has 5 heteroatoms. The van der Waals surface area contributed by atoms with Crippen molar-refractivity contribution in [3.05, 3.63) is 11.6 Å². The van der Waals surface area contributed by atoms with E-state index >= 15 is 0 Å². The number of esters is 1. The van der Waals surface area contributed by atoms with Gasteiger partial charge in [0.15, 0.2) is 0 Å². The summed E-state index contributed by atoms with van der Waals surface area (Å²) in [7, 11) is 0. The van der Waals surface area contributed by atoms with Crippen LogP contribution in [0, 0.1) is 5.41 Å². The number of hydrogen-bond donors (Lipinski definition) is 1. The van der Waals surface area contributed by atoms with Gasteiger partial charge in [0.05, 0.1) is 5.41 Å². The van der Waals surface area contributed by atoms with Gasteiger partial charge in [0.1, 0.15) is 0 Å². The Kier molecular flexibility index (Phi) is 8.16. The van der Waals surface area contributed by atoms with Gasteiger partial charge in [0.2, 0.25) is 0 Å². The van der Waals surface area contributed by atoms with Crippen molar-refractivity contribution >= 4 is 11.9 Å². The summed E-state index contributed by atoms with van der Waals surface area (Å²) in [6, 6.07) is 0. The van der Waals surface area contributed by atoms with Gasteiger partial charge in [-0.25, -0.2) is 0 Å². The molecule has 0 spiro atoms. The zero-order valence-electron chi connectivity index (χ0n) is 12.4. The van der Waals surface area contributed by atoms with Gasteiger partial charge in [-0.2, -0.15) is 0 Å². The fourth-order valence-electron chi connectivity index (χ4n) is 1.41. The normalized spacial score (nSPS) is 18.8. The van der Waals surface area contributed by atoms with E-state index in [-0.39, 0.29) is 5.97 Å². The summed E-state index contributed by atoms with van der Waals surface area (Å²) in [5.41, 5.74) is 0.350. The van der Waals surface area contributed by atoms with Crippen LogP contribution in [0.5, 0.6) is 0 Å². The number of carbonyl (C=O) groups excluding carboxylic acids is 1. The minimum absolute atomic E-state index is 0.0894. The third-order valence-corrected chi connectivity index (χ3v) is 4.49. The Bertz CT molecular complexity index is 342. The van der Waals surface area contributed by atoms with Crippen LogP contribution in [0.25, 0.3) is 0 Å². The molecule has 1 atom stereocenters. The fraction of sp³-hybridized carbons (Fsp3) is 0.714. The van der Waals surface area contributed by atoms with E-state index in [1.807, 2.05) is 6.92 Å². The monoisotopic (exact) mass is 319 g/mol. The molecule has 1 aliphatic carbocycles. The zero-order valence-corrected chi connectivity index (χ0v) is 15.3. The number of carbonyl (C=O) groups is 2. The summed E-state index contributed by atoms with van der Waals surface area (Å²) in [6.07, 6.45) is 5.50. The Morgan fingerprint density at radius 2 is 2.00 bits per heavy atom. The van der Waals surface area contributed by atoms with E-state index in [1.54, 1.807) is 20.8 Å². The Morgan fingerprint density at radius 3 is 2.37 bits per heavy atom. The molecular formula is C14H23O4Zn. The molecule has 0 fully saturated rings. The minimum atomic E-state index is -0.757. The number of rotatable bonds is 2. The van der Waals surface area contributed by atoms with E-state index in [0.717, 1.165) is 12.0 Å². The van der Waals surface area contributed by atoms with Crippen LogP contribution >= 0.6 is 0 Å². The van der Waals surface area contributed by atoms with Crippen LogP contribution in [0.3, 0.4) is 0 Å². The topological polar surface area (TPSA) is 63.6 Å². The zero-order chi connectivity index (χ0) is 15.1. The van der Waals surface area contributed by atoms with E-state index < -0.39 is 11.4 Å². The summed E-state index contributed by atoms with van der Waals surface area (Å²) in [6.45, 7) is 7.32. The number of aliphatic carboxylic acids is 1. The van der Waals surface area contributed by atoms with Gasteiger partial charge in [0, 0.05) is 0 Å². The fourth-order valence-corrected chi connectivity index (χ4v) is 2.71. The Labute approximate surface area is 125 Å². The number of allylic oxidation sites excluding steroid dienone is 1. The van der Waals surface area contributed by atoms with E-state index in [0.29, 0.717) is 11.1 Å². The van der Waals surface area contributed by atoms with E-state index in [1.165, 1.54) is 31.1 Å². The molecule has 1 N–H and O–H groups in total. The molecule has 105 valence electrons. The molecule has 0 radical (unpaired) electrons. The third-order valence-electron chi connectivity index (χ3n) is 2.71. The van der Waals surface area contributed by atoms with Crippen molar-refractivity contribution < 1.29 is 37.7 Å². The van der Waals surface area contributed by atoms with Crippen molar-refractivity contribution in [2.24, 2.45) is 5.41 Å².